The van der Waals surface area contributed by atoms with Crippen LogP contribution in [0.15, 0.2) is 0 Å². The summed E-state index contributed by atoms with van der Waals surface area (Å²) in [7, 11) is 0. The van der Waals surface area contributed by atoms with Gasteiger partial charge in [-0.3, -0.25) is 9.59 Å². The lowest BCUT2D eigenvalue weighted by Gasteiger charge is -2.21. The molecule has 2 aliphatic rings. The molecule has 2 N–H and O–H groups in total. The van der Waals surface area contributed by atoms with Gasteiger partial charge in [-0.15, -0.1) is 12.4 Å². The monoisotopic (exact) mass is 275 g/mol. The van der Waals surface area contributed by atoms with E-state index in [1.807, 2.05) is 18.7 Å². The summed E-state index contributed by atoms with van der Waals surface area (Å²) >= 11 is 0. The first-order chi connectivity index (χ1) is 8.08. The molecule has 2 saturated heterocycles. The predicted octanol–water partition coefficient (Wildman–Crippen LogP) is 0.286. The molecule has 5 nitrogen and oxygen atoms in total. The third-order valence-corrected chi connectivity index (χ3v) is 3.50. The molecule has 0 saturated carbocycles. The van der Waals surface area contributed by atoms with E-state index in [9.17, 15) is 9.59 Å². The largest absolute Gasteiger partial charge is 0.350 e. The van der Waals surface area contributed by atoms with E-state index in [4.69, 9.17) is 0 Å². The Kier molecular flexibility index (Phi) is 5.41. The van der Waals surface area contributed by atoms with E-state index in [-0.39, 0.29) is 42.3 Å². The summed E-state index contributed by atoms with van der Waals surface area (Å²) in [5, 5.41) is 6.14. The quantitative estimate of drug-likeness (QED) is 0.778. The minimum atomic E-state index is -0.0572. The first-order valence-electron chi connectivity index (χ1n) is 6.41. The third-order valence-electron chi connectivity index (χ3n) is 3.50. The molecule has 2 aliphatic heterocycles. The van der Waals surface area contributed by atoms with Crippen molar-refractivity contribution in [1.82, 2.24) is 15.5 Å². The maximum Gasteiger partial charge on any atom is 0.237 e. The molecule has 0 aromatic heterocycles. The van der Waals surface area contributed by atoms with E-state index >= 15 is 0 Å². The summed E-state index contributed by atoms with van der Waals surface area (Å²) in [6.07, 6.45) is 2.40. The van der Waals surface area contributed by atoms with Crippen molar-refractivity contribution in [2.75, 3.05) is 13.1 Å². The SMILES string of the molecule is CC(C)N1CC(NC(=O)C2CCCN2)CC1=O.Cl. The highest BCUT2D eigenvalue weighted by molar-refractivity contribution is 5.85. The van der Waals surface area contributed by atoms with Gasteiger partial charge >= 0.3 is 0 Å². The van der Waals surface area contributed by atoms with Gasteiger partial charge < -0.3 is 15.5 Å². The van der Waals surface area contributed by atoms with Crippen molar-refractivity contribution in [2.24, 2.45) is 0 Å². The molecule has 0 bridgehead atoms. The molecule has 0 spiro atoms. The van der Waals surface area contributed by atoms with Gasteiger partial charge in [-0.2, -0.15) is 0 Å². The molecule has 0 radical (unpaired) electrons. The van der Waals surface area contributed by atoms with Gasteiger partial charge in [-0.1, -0.05) is 0 Å². The highest BCUT2D eigenvalue weighted by atomic mass is 35.5. The molecule has 18 heavy (non-hydrogen) atoms. The fraction of sp³-hybridized carbons (Fsp3) is 0.833. The lowest BCUT2D eigenvalue weighted by Crippen LogP contribution is -2.46. The van der Waals surface area contributed by atoms with Gasteiger partial charge in [0.25, 0.3) is 0 Å². The number of hydrogen-bond acceptors (Lipinski definition) is 3. The van der Waals surface area contributed by atoms with E-state index in [1.165, 1.54) is 0 Å². The smallest absolute Gasteiger partial charge is 0.237 e. The Morgan fingerprint density at radius 3 is 2.72 bits per heavy atom. The molecule has 2 rings (SSSR count). The van der Waals surface area contributed by atoms with Crippen molar-refractivity contribution < 1.29 is 9.59 Å². The number of carbonyl (C=O) groups excluding carboxylic acids is 2. The average molecular weight is 276 g/mol. The van der Waals surface area contributed by atoms with Crippen molar-refractivity contribution in [3.8, 4) is 0 Å². The van der Waals surface area contributed by atoms with Crippen LogP contribution < -0.4 is 10.6 Å². The molecule has 2 unspecified atom stereocenters. The summed E-state index contributed by atoms with van der Waals surface area (Å²) in [6.45, 7) is 5.57. The fourth-order valence-electron chi connectivity index (χ4n) is 2.54. The summed E-state index contributed by atoms with van der Waals surface area (Å²) < 4.78 is 0. The van der Waals surface area contributed by atoms with Crippen LogP contribution in [-0.2, 0) is 9.59 Å². The zero-order valence-electron chi connectivity index (χ0n) is 10.9. The number of amides is 2. The molecule has 2 heterocycles. The van der Waals surface area contributed by atoms with Gasteiger partial charge in [0.05, 0.1) is 12.1 Å². The molecular weight excluding hydrogens is 254 g/mol. The molecule has 0 aromatic carbocycles. The van der Waals surface area contributed by atoms with Gasteiger partial charge in [0, 0.05) is 19.0 Å². The van der Waals surface area contributed by atoms with Crippen molar-refractivity contribution in [3.05, 3.63) is 0 Å². The second-order valence-electron chi connectivity index (χ2n) is 5.20. The number of hydrogen-bond donors (Lipinski definition) is 2. The van der Waals surface area contributed by atoms with Gasteiger partial charge in [-0.05, 0) is 33.2 Å². The van der Waals surface area contributed by atoms with Gasteiger partial charge in [0.1, 0.15) is 0 Å². The maximum absolute atomic E-state index is 11.9. The van der Waals surface area contributed by atoms with Crippen molar-refractivity contribution in [1.29, 1.82) is 0 Å². The summed E-state index contributed by atoms with van der Waals surface area (Å²) in [5.74, 6) is 0.190. The molecule has 0 aromatic rings. The van der Waals surface area contributed by atoms with Crippen molar-refractivity contribution in [3.63, 3.8) is 0 Å². The molecular formula is C12H22ClN3O2. The van der Waals surface area contributed by atoms with Crippen molar-refractivity contribution in [2.45, 2.75) is 51.2 Å². The van der Waals surface area contributed by atoms with Crippen LogP contribution in [0.1, 0.15) is 33.1 Å². The third kappa shape index (κ3) is 3.36. The normalized spacial score (nSPS) is 27.5. The summed E-state index contributed by atoms with van der Waals surface area (Å²) in [4.78, 5) is 25.4. The fourth-order valence-corrected chi connectivity index (χ4v) is 2.54. The number of nitrogens with zero attached hydrogens (tertiary/aromatic N) is 1. The van der Waals surface area contributed by atoms with Crippen LogP contribution in [-0.4, -0.2) is 47.9 Å². The van der Waals surface area contributed by atoms with E-state index in [0.29, 0.717) is 13.0 Å². The molecule has 104 valence electrons. The first-order valence-corrected chi connectivity index (χ1v) is 6.41. The van der Waals surface area contributed by atoms with Crippen LogP contribution in [0, 0.1) is 0 Å². The highest BCUT2D eigenvalue weighted by Crippen LogP contribution is 2.15. The van der Waals surface area contributed by atoms with Crippen LogP contribution in [0.3, 0.4) is 0 Å². The minimum absolute atomic E-state index is 0. The number of nitrogens with one attached hydrogen (secondary N) is 2. The zero-order chi connectivity index (χ0) is 12.4. The summed E-state index contributed by atoms with van der Waals surface area (Å²) in [6, 6.07) is 0.145. The van der Waals surface area contributed by atoms with E-state index in [0.717, 1.165) is 19.4 Å². The molecule has 2 atom stereocenters. The second-order valence-corrected chi connectivity index (χ2v) is 5.20. The molecule has 6 heteroatoms. The Bertz CT molecular complexity index is 316. The number of likely N-dealkylation sites (tertiary alicyclic amines) is 1. The second kappa shape index (κ2) is 6.38. The van der Waals surface area contributed by atoms with Crippen LogP contribution >= 0.6 is 12.4 Å². The van der Waals surface area contributed by atoms with Crippen LogP contribution in [0.5, 0.6) is 0 Å². The lowest BCUT2D eigenvalue weighted by molar-refractivity contribution is -0.129. The van der Waals surface area contributed by atoms with Crippen LogP contribution in [0.25, 0.3) is 0 Å². The van der Waals surface area contributed by atoms with Gasteiger partial charge in [0.15, 0.2) is 0 Å². The number of rotatable bonds is 3. The first kappa shape index (κ1) is 15.2. The summed E-state index contributed by atoms with van der Waals surface area (Å²) in [5.41, 5.74) is 0. The predicted molar refractivity (Wildman–Crippen MR) is 71.7 cm³/mol. The molecule has 0 aliphatic carbocycles. The average Bonchev–Trinajstić information content (AvgIpc) is 2.86. The standard InChI is InChI=1S/C12H21N3O2.ClH/c1-8(2)15-7-9(6-11(15)16)14-12(17)10-4-3-5-13-10;/h8-10,13H,3-7H2,1-2H3,(H,14,17);1H. The number of carbonyl (C=O) groups is 2. The van der Waals surface area contributed by atoms with Crippen molar-refractivity contribution >= 4 is 24.2 Å². The molecule has 2 fully saturated rings. The Hall–Kier alpha value is -0.810. The van der Waals surface area contributed by atoms with Gasteiger partial charge in [0.2, 0.25) is 11.8 Å². The highest BCUT2D eigenvalue weighted by Gasteiger charge is 2.33. The topological polar surface area (TPSA) is 61.4 Å². The molecule has 2 amide bonds. The Morgan fingerprint density at radius 1 is 1.50 bits per heavy atom. The van der Waals surface area contributed by atoms with E-state index in [2.05, 4.69) is 10.6 Å². The minimum Gasteiger partial charge on any atom is -0.350 e. The van der Waals surface area contributed by atoms with E-state index < -0.39 is 0 Å². The maximum atomic E-state index is 11.9. The Labute approximate surface area is 114 Å². The van der Waals surface area contributed by atoms with Gasteiger partial charge in [-0.25, -0.2) is 0 Å². The van der Waals surface area contributed by atoms with Crippen LogP contribution in [0.4, 0.5) is 0 Å². The zero-order valence-corrected chi connectivity index (χ0v) is 11.8. The lowest BCUT2D eigenvalue weighted by atomic mass is 10.2. The number of halogens is 1. The Morgan fingerprint density at radius 2 is 2.22 bits per heavy atom. The van der Waals surface area contributed by atoms with Crippen LogP contribution in [0.2, 0.25) is 0 Å². The Balaban J connectivity index is 0.00000162. The van der Waals surface area contributed by atoms with E-state index in [1.54, 1.807) is 0 Å².